The van der Waals surface area contributed by atoms with Crippen LogP contribution in [0.4, 0.5) is 0 Å². The van der Waals surface area contributed by atoms with Crippen LogP contribution in [0.2, 0.25) is 0 Å². The highest BCUT2D eigenvalue weighted by Crippen LogP contribution is 2.60. The lowest BCUT2D eigenvalue weighted by molar-refractivity contribution is -0.939. The number of phosphoric ester groups is 1. The molecule has 0 spiro atoms. The highest BCUT2D eigenvalue weighted by molar-refractivity contribution is 7.48. The number of piperidine rings is 1. The van der Waals surface area contributed by atoms with Crippen LogP contribution in [-0.2, 0) is 32.4 Å². The number of hydrogen-bond donors (Lipinski definition) is 0. The average Bonchev–Trinajstić information content (AvgIpc) is 3.20. The van der Waals surface area contributed by atoms with Gasteiger partial charge in [0.15, 0.2) is 0 Å². The van der Waals surface area contributed by atoms with E-state index in [1.807, 2.05) is 14.1 Å². The lowest BCUT2D eigenvalue weighted by atomic mass is 10.0. The maximum atomic E-state index is 13.0. The molecule has 37 heavy (non-hydrogen) atoms. The molecule has 2 aliphatic heterocycles. The zero-order valence-electron chi connectivity index (χ0n) is 24.1. The number of likely N-dealkylation sites (tertiary alicyclic amines) is 1. The number of esters is 1. The Hall–Kier alpha value is -0.500. The Morgan fingerprint density at radius 1 is 0.892 bits per heavy atom. The van der Waals surface area contributed by atoms with E-state index >= 15 is 0 Å². The van der Waals surface area contributed by atoms with Gasteiger partial charge in [-0.2, -0.15) is 0 Å². The third-order valence-corrected chi connectivity index (χ3v) is 8.90. The van der Waals surface area contributed by atoms with Crippen LogP contribution in [0.1, 0.15) is 117 Å². The van der Waals surface area contributed by atoms with Gasteiger partial charge in [-0.15, -0.1) is 0 Å². The summed E-state index contributed by atoms with van der Waals surface area (Å²) in [6.07, 6.45) is 19.0. The number of phosphoric acid groups is 1. The number of unbranched alkanes of at least 4 members (excludes halogenated alkanes) is 13. The summed E-state index contributed by atoms with van der Waals surface area (Å²) in [6.45, 7) is 5.28. The van der Waals surface area contributed by atoms with Gasteiger partial charge in [0.25, 0.3) is 0 Å². The molecule has 2 rings (SSSR count). The molecular weight excluding hydrogens is 493 g/mol. The fourth-order valence-electron chi connectivity index (χ4n) is 5.24. The van der Waals surface area contributed by atoms with Crippen LogP contribution in [0.5, 0.6) is 0 Å². The van der Waals surface area contributed by atoms with E-state index < -0.39 is 19.9 Å². The first-order valence-corrected chi connectivity index (χ1v) is 16.4. The van der Waals surface area contributed by atoms with Gasteiger partial charge in [-0.05, 0) is 19.3 Å². The van der Waals surface area contributed by atoms with Gasteiger partial charge in [-0.25, -0.2) is 9.09 Å². The summed E-state index contributed by atoms with van der Waals surface area (Å²) in [7, 11) is 0.397. The maximum absolute atomic E-state index is 13.0. The zero-order valence-corrected chi connectivity index (χ0v) is 25.0. The van der Waals surface area contributed by atoms with E-state index in [1.165, 1.54) is 84.0 Å². The highest BCUT2D eigenvalue weighted by Gasteiger charge is 2.55. The van der Waals surface area contributed by atoms with Crippen LogP contribution >= 0.6 is 7.82 Å². The molecule has 0 amide bonds. The lowest BCUT2D eigenvalue weighted by Crippen LogP contribution is -2.56. The van der Waals surface area contributed by atoms with E-state index in [2.05, 4.69) is 6.92 Å². The Morgan fingerprint density at radius 3 is 2.00 bits per heavy atom. The number of rotatable bonds is 21. The summed E-state index contributed by atoms with van der Waals surface area (Å²) in [4.78, 5) is 11.5. The lowest BCUT2D eigenvalue weighted by Gasteiger charge is -2.39. The van der Waals surface area contributed by atoms with Gasteiger partial charge in [0.1, 0.15) is 12.2 Å². The van der Waals surface area contributed by atoms with Gasteiger partial charge < -0.3 is 14.0 Å². The van der Waals surface area contributed by atoms with E-state index in [1.54, 1.807) is 0 Å². The van der Waals surface area contributed by atoms with E-state index in [4.69, 9.17) is 23.0 Å². The van der Waals surface area contributed by atoms with E-state index in [9.17, 15) is 9.36 Å². The van der Waals surface area contributed by atoms with Crippen molar-refractivity contribution in [2.24, 2.45) is 0 Å². The van der Waals surface area contributed by atoms with E-state index in [-0.39, 0.29) is 25.5 Å². The monoisotopic (exact) mass is 548 g/mol. The van der Waals surface area contributed by atoms with Crippen molar-refractivity contribution in [1.29, 1.82) is 0 Å². The van der Waals surface area contributed by atoms with Crippen molar-refractivity contribution in [3.05, 3.63) is 0 Å². The third-order valence-electron chi connectivity index (χ3n) is 7.43. The third kappa shape index (κ3) is 13.4. The largest absolute Gasteiger partial charge is 0.480 e. The molecular formula is C28H55NO7P+. The molecule has 0 aromatic carbocycles. The van der Waals surface area contributed by atoms with Gasteiger partial charge in [-0.1, -0.05) is 90.4 Å². The number of carbonyl (C=O) groups excluding carboxylic acids is 1. The summed E-state index contributed by atoms with van der Waals surface area (Å²) >= 11 is 0. The molecule has 0 N–H and O–H groups in total. The van der Waals surface area contributed by atoms with Crippen LogP contribution in [0.25, 0.3) is 0 Å². The minimum Gasteiger partial charge on any atom is -0.458 e. The molecule has 0 aliphatic carbocycles. The second-order valence-corrected chi connectivity index (χ2v) is 13.0. The predicted molar refractivity (Wildman–Crippen MR) is 146 cm³/mol. The summed E-state index contributed by atoms with van der Waals surface area (Å²) in [5.74, 6) is -0.424. The molecule has 8 nitrogen and oxygen atoms in total. The molecule has 2 saturated heterocycles. The minimum absolute atomic E-state index is 0.0809. The maximum Gasteiger partial charge on any atom is 0.480 e. The Bertz CT molecular complexity index is 675. The van der Waals surface area contributed by atoms with Gasteiger partial charge >= 0.3 is 13.8 Å². The van der Waals surface area contributed by atoms with Crippen molar-refractivity contribution in [3.8, 4) is 0 Å². The number of nitrogens with zero attached hydrogens (tertiary/aromatic N) is 1. The van der Waals surface area contributed by atoms with Gasteiger partial charge in [0, 0.05) is 13.5 Å². The molecule has 4 unspecified atom stereocenters. The SMILES string of the molecule is CCCCCCCCCCCCCCCCOCC(COP1(=O)OC2CCC[N+](C)(C)C2O1)OC(C)=O. The summed E-state index contributed by atoms with van der Waals surface area (Å²) in [5, 5.41) is 0. The second kappa shape index (κ2) is 18.0. The first kappa shape index (κ1) is 32.7. The molecule has 0 bridgehead atoms. The number of quaternary nitrogens is 1. The first-order valence-electron chi connectivity index (χ1n) is 14.9. The van der Waals surface area contributed by atoms with Gasteiger partial charge in [0.2, 0.25) is 6.23 Å². The number of carbonyl (C=O) groups is 1. The predicted octanol–water partition coefficient (Wildman–Crippen LogP) is 7.15. The second-order valence-electron chi connectivity index (χ2n) is 11.4. The highest BCUT2D eigenvalue weighted by atomic mass is 31.2. The summed E-state index contributed by atoms with van der Waals surface area (Å²) in [5.41, 5.74) is 0. The molecule has 2 heterocycles. The summed E-state index contributed by atoms with van der Waals surface area (Å²) < 4.78 is 41.7. The number of ether oxygens (including phenoxy) is 2. The first-order chi connectivity index (χ1) is 17.8. The van der Waals surface area contributed by atoms with Crippen LogP contribution < -0.4 is 0 Å². The van der Waals surface area contributed by atoms with Crippen molar-refractivity contribution in [2.45, 2.75) is 135 Å². The summed E-state index contributed by atoms with van der Waals surface area (Å²) in [6, 6.07) is 0. The van der Waals surface area contributed by atoms with Crippen molar-refractivity contribution in [3.63, 3.8) is 0 Å². The Kier molecular flexibility index (Phi) is 15.9. The number of fused-ring (bicyclic) bond motifs is 1. The molecule has 218 valence electrons. The van der Waals surface area contributed by atoms with Gasteiger partial charge in [0.05, 0.1) is 33.9 Å². The fraction of sp³-hybridized carbons (Fsp3) is 0.964. The van der Waals surface area contributed by atoms with Crippen LogP contribution in [0.3, 0.4) is 0 Å². The molecule has 2 fully saturated rings. The smallest absolute Gasteiger partial charge is 0.458 e. The van der Waals surface area contributed by atoms with Crippen LogP contribution in [0, 0.1) is 0 Å². The Balaban J connectivity index is 1.50. The number of hydrogen-bond acceptors (Lipinski definition) is 7. The molecule has 0 radical (unpaired) electrons. The average molecular weight is 549 g/mol. The van der Waals surface area contributed by atoms with Crippen molar-refractivity contribution >= 4 is 13.8 Å². The Morgan fingerprint density at radius 2 is 1.46 bits per heavy atom. The number of likely N-dealkylation sites (N-methyl/N-ethyl adjacent to an activating group) is 1. The normalized spacial score (nSPS) is 25.6. The molecule has 4 atom stereocenters. The van der Waals surface area contributed by atoms with E-state index in [0.717, 1.165) is 32.2 Å². The zero-order chi connectivity index (χ0) is 27.0. The quantitative estimate of drug-likeness (QED) is 0.0652. The van der Waals surface area contributed by atoms with Crippen molar-refractivity contribution < 1.29 is 36.9 Å². The van der Waals surface area contributed by atoms with Crippen LogP contribution in [0.15, 0.2) is 0 Å². The Labute approximate surface area is 226 Å². The fourth-order valence-corrected chi connectivity index (χ4v) is 6.96. The van der Waals surface area contributed by atoms with Crippen molar-refractivity contribution in [2.75, 3.05) is 40.5 Å². The van der Waals surface area contributed by atoms with Gasteiger partial charge in [-0.3, -0.25) is 13.8 Å². The standard InChI is InChI=1S/C28H55NO7P/c1-5-6-7-8-9-10-11-12-13-14-15-16-17-18-22-32-23-26(34-25(2)30)24-33-37(31)35-27-20-19-21-29(3,4)28(27)36-37/h26-28H,5-24H2,1-4H3/q+1. The van der Waals surface area contributed by atoms with Crippen LogP contribution in [-0.4, -0.2) is 69.3 Å². The topological polar surface area (TPSA) is 80.3 Å². The van der Waals surface area contributed by atoms with E-state index in [0.29, 0.717) is 11.1 Å². The molecule has 9 heteroatoms. The molecule has 0 saturated carbocycles. The van der Waals surface area contributed by atoms with Crippen molar-refractivity contribution in [1.82, 2.24) is 0 Å². The molecule has 0 aromatic heterocycles. The molecule has 2 aliphatic rings. The minimum atomic E-state index is -3.69. The molecule has 0 aromatic rings.